The second kappa shape index (κ2) is 6.33. The molecule has 0 fully saturated rings. The standard InChI is InChI=1S/C17H13N3O4/c1-24-14-7-8-15(16(9-14)20(22)23)17-12(11-21)10-19(18-17)13-5-3-2-4-6-13/h2-11H,1H3. The number of methoxy groups -OCH3 is 1. The lowest BCUT2D eigenvalue weighted by Crippen LogP contribution is -1.97. The molecule has 3 aromatic rings. The number of nitrogens with zero attached hydrogens (tertiary/aromatic N) is 3. The molecular formula is C17H13N3O4. The van der Waals surface area contributed by atoms with Crippen molar-refractivity contribution in [3.05, 3.63) is 70.4 Å². The zero-order chi connectivity index (χ0) is 17.1. The molecule has 0 saturated carbocycles. The molecule has 120 valence electrons. The van der Waals surface area contributed by atoms with Crippen molar-refractivity contribution in [2.45, 2.75) is 0 Å². The lowest BCUT2D eigenvalue weighted by atomic mass is 10.1. The molecule has 0 amide bonds. The first kappa shape index (κ1) is 15.4. The van der Waals surface area contributed by atoms with Gasteiger partial charge in [0.25, 0.3) is 5.69 Å². The lowest BCUT2D eigenvalue weighted by molar-refractivity contribution is -0.384. The van der Waals surface area contributed by atoms with E-state index in [9.17, 15) is 14.9 Å². The zero-order valence-electron chi connectivity index (χ0n) is 12.7. The van der Waals surface area contributed by atoms with E-state index in [0.717, 1.165) is 5.69 Å². The van der Waals surface area contributed by atoms with Gasteiger partial charge in [-0.1, -0.05) is 18.2 Å². The fourth-order valence-corrected chi connectivity index (χ4v) is 2.39. The van der Waals surface area contributed by atoms with Gasteiger partial charge in [0.05, 0.1) is 34.9 Å². The lowest BCUT2D eigenvalue weighted by Gasteiger charge is -2.04. The number of hydrogen-bond acceptors (Lipinski definition) is 5. The van der Waals surface area contributed by atoms with E-state index in [1.807, 2.05) is 30.3 Å². The summed E-state index contributed by atoms with van der Waals surface area (Å²) in [5.41, 5.74) is 1.37. The van der Waals surface area contributed by atoms with E-state index in [4.69, 9.17) is 4.74 Å². The number of rotatable bonds is 5. The molecule has 0 atom stereocenters. The summed E-state index contributed by atoms with van der Waals surface area (Å²) in [5.74, 6) is 0.362. The number of aromatic nitrogens is 2. The van der Waals surface area contributed by atoms with Crippen molar-refractivity contribution in [1.82, 2.24) is 9.78 Å². The van der Waals surface area contributed by atoms with Crippen LogP contribution in [0.25, 0.3) is 16.9 Å². The molecule has 1 aromatic heterocycles. The summed E-state index contributed by atoms with van der Waals surface area (Å²) in [4.78, 5) is 22.2. The SMILES string of the molecule is COc1ccc(-c2nn(-c3ccccc3)cc2C=O)c([N+](=O)[O-])c1. The highest BCUT2D eigenvalue weighted by Gasteiger charge is 2.22. The van der Waals surface area contributed by atoms with Crippen LogP contribution in [0.1, 0.15) is 10.4 Å². The minimum Gasteiger partial charge on any atom is -0.497 e. The Labute approximate surface area is 137 Å². The topological polar surface area (TPSA) is 87.3 Å². The minimum atomic E-state index is -0.520. The summed E-state index contributed by atoms with van der Waals surface area (Å²) in [6.07, 6.45) is 2.18. The van der Waals surface area contributed by atoms with Crippen LogP contribution in [0.5, 0.6) is 5.75 Å². The summed E-state index contributed by atoms with van der Waals surface area (Å²) in [6.45, 7) is 0. The van der Waals surface area contributed by atoms with Gasteiger partial charge >= 0.3 is 0 Å². The van der Waals surface area contributed by atoms with Gasteiger partial charge in [-0.15, -0.1) is 0 Å². The van der Waals surface area contributed by atoms with E-state index < -0.39 is 4.92 Å². The van der Waals surface area contributed by atoms with E-state index in [-0.39, 0.29) is 22.5 Å². The molecule has 7 heteroatoms. The van der Waals surface area contributed by atoms with Crippen LogP contribution in [0.2, 0.25) is 0 Å². The monoisotopic (exact) mass is 323 g/mol. The number of benzene rings is 2. The van der Waals surface area contributed by atoms with Crippen LogP contribution in [0.3, 0.4) is 0 Å². The highest BCUT2D eigenvalue weighted by molar-refractivity contribution is 5.88. The third kappa shape index (κ3) is 2.74. The van der Waals surface area contributed by atoms with Gasteiger partial charge < -0.3 is 4.74 Å². The summed E-state index contributed by atoms with van der Waals surface area (Å²) in [5, 5.41) is 15.7. The maximum absolute atomic E-state index is 11.4. The molecule has 7 nitrogen and oxygen atoms in total. The number of carbonyl (C=O) groups is 1. The van der Waals surface area contributed by atoms with Gasteiger partial charge in [-0.2, -0.15) is 5.10 Å². The number of carbonyl (C=O) groups excluding carboxylic acids is 1. The highest BCUT2D eigenvalue weighted by Crippen LogP contribution is 2.34. The van der Waals surface area contributed by atoms with Crippen molar-refractivity contribution < 1.29 is 14.5 Å². The van der Waals surface area contributed by atoms with E-state index in [0.29, 0.717) is 12.0 Å². The van der Waals surface area contributed by atoms with Gasteiger partial charge in [-0.3, -0.25) is 14.9 Å². The van der Waals surface area contributed by atoms with Crippen LogP contribution in [0.15, 0.2) is 54.7 Å². The summed E-state index contributed by atoms with van der Waals surface area (Å²) >= 11 is 0. The molecule has 2 aromatic carbocycles. The number of hydrogen-bond donors (Lipinski definition) is 0. The molecule has 0 aliphatic heterocycles. The highest BCUT2D eigenvalue weighted by atomic mass is 16.6. The molecule has 0 aliphatic carbocycles. The van der Waals surface area contributed by atoms with Crippen molar-refractivity contribution in [1.29, 1.82) is 0 Å². The minimum absolute atomic E-state index is 0.171. The number of aldehydes is 1. The van der Waals surface area contributed by atoms with Gasteiger partial charge in [0.15, 0.2) is 6.29 Å². The van der Waals surface area contributed by atoms with Crippen LogP contribution < -0.4 is 4.74 Å². The van der Waals surface area contributed by atoms with Gasteiger partial charge in [0, 0.05) is 6.20 Å². The third-order valence-electron chi connectivity index (χ3n) is 3.55. The summed E-state index contributed by atoms with van der Waals surface area (Å²) in [7, 11) is 1.43. The first-order valence-corrected chi connectivity index (χ1v) is 7.07. The molecule has 0 radical (unpaired) electrons. The summed E-state index contributed by atoms with van der Waals surface area (Å²) in [6, 6.07) is 13.6. The number of para-hydroxylation sites is 1. The van der Waals surface area contributed by atoms with Crippen molar-refractivity contribution in [3.63, 3.8) is 0 Å². The van der Waals surface area contributed by atoms with E-state index in [2.05, 4.69) is 5.10 Å². The molecule has 0 saturated heterocycles. The quantitative estimate of drug-likeness (QED) is 0.408. The molecule has 0 N–H and O–H groups in total. The molecular weight excluding hydrogens is 310 g/mol. The average Bonchev–Trinajstić information content (AvgIpc) is 3.06. The maximum atomic E-state index is 11.4. The van der Waals surface area contributed by atoms with Crippen LogP contribution in [-0.4, -0.2) is 28.1 Å². The molecule has 0 bridgehead atoms. The first-order chi connectivity index (χ1) is 11.6. The Balaban J connectivity index is 2.18. The Kier molecular flexibility index (Phi) is 4.07. The fourth-order valence-electron chi connectivity index (χ4n) is 2.39. The largest absolute Gasteiger partial charge is 0.497 e. The van der Waals surface area contributed by atoms with Crippen molar-refractivity contribution in [3.8, 4) is 22.7 Å². The van der Waals surface area contributed by atoms with Crippen molar-refractivity contribution in [2.75, 3.05) is 7.11 Å². The van der Waals surface area contributed by atoms with Crippen LogP contribution in [0.4, 0.5) is 5.69 Å². The molecule has 3 rings (SSSR count). The van der Waals surface area contributed by atoms with Gasteiger partial charge in [-0.25, -0.2) is 4.68 Å². The van der Waals surface area contributed by atoms with Gasteiger partial charge in [0.2, 0.25) is 0 Å². The normalized spacial score (nSPS) is 10.4. The fraction of sp³-hybridized carbons (Fsp3) is 0.0588. The second-order valence-corrected chi connectivity index (χ2v) is 4.97. The van der Waals surface area contributed by atoms with Gasteiger partial charge in [0.1, 0.15) is 11.4 Å². The predicted molar refractivity (Wildman–Crippen MR) is 87.6 cm³/mol. The van der Waals surface area contributed by atoms with Gasteiger partial charge in [-0.05, 0) is 24.3 Å². The maximum Gasteiger partial charge on any atom is 0.282 e. The molecule has 0 spiro atoms. The van der Waals surface area contributed by atoms with Crippen LogP contribution in [-0.2, 0) is 0 Å². The van der Waals surface area contributed by atoms with Crippen molar-refractivity contribution in [2.24, 2.45) is 0 Å². The number of nitro groups is 1. The Morgan fingerprint density at radius 1 is 1.21 bits per heavy atom. The third-order valence-corrected chi connectivity index (χ3v) is 3.55. The molecule has 24 heavy (non-hydrogen) atoms. The number of ether oxygens (including phenoxy) is 1. The Bertz CT molecular complexity index is 903. The Morgan fingerprint density at radius 2 is 1.96 bits per heavy atom. The van der Waals surface area contributed by atoms with Crippen LogP contribution >= 0.6 is 0 Å². The zero-order valence-corrected chi connectivity index (χ0v) is 12.7. The summed E-state index contributed by atoms with van der Waals surface area (Å²) < 4.78 is 6.55. The molecule has 0 aliphatic rings. The Morgan fingerprint density at radius 3 is 2.58 bits per heavy atom. The molecule has 0 unspecified atom stereocenters. The first-order valence-electron chi connectivity index (χ1n) is 7.07. The predicted octanol–water partition coefficient (Wildman–Crippen LogP) is 3.27. The van der Waals surface area contributed by atoms with Crippen LogP contribution in [0, 0.1) is 10.1 Å². The van der Waals surface area contributed by atoms with E-state index >= 15 is 0 Å². The Hall–Kier alpha value is -3.48. The molecule has 1 heterocycles. The second-order valence-electron chi connectivity index (χ2n) is 4.97. The van der Waals surface area contributed by atoms with E-state index in [1.165, 1.54) is 23.9 Å². The number of nitro benzene ring substituents is 1. The average molecular weight is 323 g/mol. The van der Waals surface area contributed by atoms with Crippen molar-refractivity contribution >= 4 is 12.0 Å². The smallest absolute Gasteiger partial charge is 0.282 e. The van der Waals surface area contributed by atoms with E-state index in [1.54, 1.807) is 12.3 Å².